The van der Waals surface area contributed by atoms with Crippen LogP contribution in [-0.4, -0.2) is 27.1 Å². The van der Waals surface area contributed by atoms with Crippen molar-refractivity contribution in [1.29, 1.82) is 0 Å². The SMILES string of the molecule is Cc1ccc(CCCNC(=O)c2ccc(CN(c3ccc(C)c(C)c3)S(C)(=O)=O)cc2)cc1. The molecular weight excluding hydrogens is 432 g/mol. The second kappa shape index (κ2) is 10.7. The summed E-state index contributed by atoms with van der Waals surface area (Å²) in [6, 6.07) is 21.2. The zero-order chi connectivity index (χ0) is 24.0. The number of sulfonamides is 1. The van der Waals surface area contributed by atoms with Crippen LogP contribution < -0.4 is 9.62 Å². The lowest BCUT2D eigenvalue weighted by atomic mass is 10.1. The number of hydrogen-bond donors (Lipinski definition) is 1. The van der Waals surface area contributed by atoms with E-state index in [0.29, 0.717) is 17.8 Å². The van der Waals surface area contributed by atoms with Crippen LogP contribution in [0, 0.1) is 20.8 Å². The van der Waals surface area contributed by atoms with E-state index < -0.39 is 10.0 Å². The van der Waals surface area contributed by atoms with Crippen molar-refractivity contribution in [2.45, 2.75) is 40.2 Å². The minimum atomic E-state index is -3.46. The van der Waals surface area contributed by atoms with Crippen molar-refractivity contribution in [3.8, 4) is 0 Å². The fourth-order valence-electron chi connectivity index (χ4n) is 3.56. The summed E-state index contributed by atoms with van der Waals surface area (Å²) < 4.78 is 26.3. The van der Waals surface area contributed by atoms with Gasteiger partial charge < -0.3 is 5.32 Å². The van der Waals surface area contributed by atoms with Gasteiger partial charge in [-0.25, -0.2) is 8.42 Å². The molecule has 3 aromatic carbocycles. The molecule has 0 aliphatic rings. The molecule has 3 rings (SSSR count). The van der Waals surface area contributed by atoms with Gasteiger partial charge in [-0.15, -0.1) is 0 Å². The van der Waals surface area contributed by atoms with Crippen LogP contribution in [0.1, 0.15) is 44.6 Å². The summed E-state index contributed by atoms with van der Waals surface area (Å²) >= 11 is 0. The van der Waals surface area contributed by atoms with Crippen LogP contribution in [0.15, 0.2) is 66.7 Å². The van der Waals surface area contributed by atoms with Crippen LogP contribution in [0.3, 0.4) is 0 Å². The second-order valence-electron chi connectivity index (χ2n) is 8.58. The van der Waals surface area contributed by atoms with Gasteiger partial charge in [0.1, 0.15) is 0 Å². The third kappa shape index (κ3) is 6.93. The van der Waals surface area contributed by atoms with E-state index in [1.54, 1.807) is 24.3 Å². The van der Waals surface area contributed by atoms with Gasteiger partial charge in [0.15, 0.2) is 0 Å². The van der Waals surface area contributed by atoms with Crippen LogP contribution in [0.4, 0.5) is 5.69 Å². The van der Waals surface area contributed by atoms with Crippen molar-refractivity contribution >= 4 is 21.6 Å². The van der Waals surface area contributed by atoms with Gasteiger partial charge in [0.2, 0.25) is 10.0 Å². The average Bonchev–Trinajstić information content (AvgIpc) is 2.78. The van der Waals surface area contributed by atoms with Gasteiger partial charge in [0.05, 0.1) is 18.5 Å². The van der Waals surface area contributed by atoms with Crippen molar-refractivity contribution in [2.75, 3.05) is 17.1 Å². The molecule has 0 fully saturated rings. The van der Waals surface area contributed by atoms with E-state index in [1.807, 2.05) is 32.0 Å². The first-order valence-corrected chi connectivity index (χ1v) is 13.0. The number of amides is 1. The van der Waals surface area contributed by atoms with Gasteiger partial charge >= 0.3 is 0 Å². The maximum absolute atomic E-state index is 12.5. The topological polar surface area (TPSA) is 66.5 Å². The maximum Gasteiger partial charge on any atom is 0.251 e. The zero-order valence-electron chi connectivity index (χ0n) is 19.8. The summed E-state index contributed by atoms with van der Waals surface area (Å²) in [5, 5.41) is 2.96. The van der Waals surface area contributed by atoms with E-state index in [-0.39, 0.29) is 12.5 Å². The second-order valence-corrected chi connectivity index (χ2v) is 10.5. The van der Waals surface area contributed by atoms with E-state index in [1.165, 1.54) is 21.7 Å². The number of aryl methyl sites for hydroxylation is 4. The van der Waals surface area contributed by atoms with Crippen LogP contribution in [0.25, 0.3) is 0 Å². The Labute approximate surface area is 197 Å². The normalized spacial score (nSPS) is 11.3. The molecule has 5 nitrogen and oxygen atoms in total. The monoisotopic (exact) mass is 464 g/mol. The Morgan fingerprint density at radius 3 is 2.09 bits per heavy atom. The quantitative estimate of drug-likeness (QED) is 0.456. The highest BCUT2D eigenvalue weighted by Gasteiger charge is 2.18. The molecule has 0 aliphatic carbocycles. The van der Waals surface area contributed by atoms with E-state index in [2.05, 4.69) is 36.5 Å². The number of nitrogens with one attached hydrogen (secondary N) is 1. The Morgan fingerprint density at radius 1 is 0.848 bits per heavy atom. The molecule has 0 radical (unpaired) electrons. The van der Waals surface area contributed by atoms with Crippen molar-refractivity contribution in [1.82, 2.24) is 5.32 Å². The average molecular weight is 465 g/mol. The lowest BCUT2D eigenvalue weighted by Crippen LogP contribution is -2.29. The van der Waals surface area contributed by atoms with Gasteiger partial charge in [-0.05, 0) is 80.1 Å². The Balaban J connectivity index is 1.59. The smallest absolute Gasteiger partial charge is 0.251 e. The van der Waals surface area contributed by atoms with Gasteiger partial charge in [-0.1, -0.05) is 48.0 Å². The summed E-state index contributed by atoms with van der Waals surface area (Å²) in [7, 11) is -3.46. The number of nitrogens with zero attached hydrogens (tertiary/aromatic N) is 1. The molecule has 6 heteroatoms. The summed E-state index contributed by atoms with van der Waals surface area (Å²) in [6.07, 6.45) is 2.99. The summed E-state index contributed by atoms with van der Waals surface area (Å²) in [4.78, 5) is 12.5. The van der Waals surface area contributed by atoms with Gasteiger partial charge in [0, 0.05) is 12.1 Å². The third-order valence-corrected chi connectivity index (χ3v) is 6.91. The summed E-state index contributed by atoms with van der Waals surface area (Å²) in [5.74, 6) is -0.125. The molecular formula is C27H32N2O3S. The fourth-order valence-corrected chi connectivity index (χ4v) is 4.44. The largest absolute Gasteiger partial charge is 0.352 e. The number of anilines is 1. The number of carbonyl (C=O) groups is 1. The Hall–Kier alpha value is -3.12. The Morgan fingerprint density at radius 2 is 1.48 bits per heavy atom. The first-order chi connectivity index (χ1) is 15.6. The van der Waals surface area contributed by atoms with Crippen LogP contribution >= 0.6 is 0 Å². The van der Waals surface area contributed by atoms with Crippen molar-refractivity contribution in [2.24, 2.45) is 0 Å². The van der Waals surface area contributed by atoms with Crippen LogP contribution in [0.2, 0.25) is 0 Å². The summed E-state index contributed by atoms with van der Waals surface area (Å²) in [6.45, 7) is 6.84. The molecule has 0 aliphatic heterocycles. The van der Waals surface area contributed by atoms with Gasteiger partial charge in [-0.3, -0.25) is 9.10 Å². The molecule has 1 amide bonds. The predicted molar refractivity (Wildman–Crippen MR) is 135 cm³/mol. The van der Waals surface area contributed by atoms with Crippen molar-refractivity contribution in [3.05, 3.63) is 100 Å². The van der Waals surface area contributed by atoms with E-state index in [0.717, 1.165) is 29.5 Å². The molecule has 3 aromatic rings. The van der Waals surface area contributed by atoms with Crippen LogP contribution in [0.5, 0.6) is 0 Å². The number of carbonyl (C=O) groups excluding carboxylic acids is 1. The Bertz CT molecular complexity index is 1200. The molecule has 0 saturated heterocycles. The number of hydrogen-bond acceptors (Lipinski definition) is 3. The third-order valence-electron chi connectivity index (χ3n) is 5.77. The number of rotatable bonds is 9. The van der Waals surface area contributed by atoms with E-state index in [4.69, 9.17) is 0 Å². The Kier molecular flexibility index (Phi) is 7.92. The standard InChI is InChI=1S/C27H32N2O3S/c1-20-7-10-23(11-8-20)6-5-17-28-27(30)25-14-12-24(13-15-25)19-29(33(4,31)32)26-16-9-21(2)22(3)18-26/h7-16,18H,5-6,17,19H2,1-4H3,(H,28,30). The maximum atomic E-state index is 12.5. The predicted octanol–water partition coefficient (Wildman–Crippen LogP) is 4.94. The minimum Gasteiger partial charge on any atom is -0.352 e. The molecule has 0 bridgehead atoms. The molecule has 0 aromatic heterocycles. The van der Waals surface area contributed by atoms with Gasteiger partial charge in [-0.2, -0.15) is 0 Å². The van der Waals surface area contributed by atoms with E-state index >= 15 is 0 Å². The van der Waals surface area contributed by atoms with Gasteiger partial charge in [0.25, 0.3) is 5.91 Å². The van der Waals surface area contributed by atoms with Crippen molar-refractivity contribution < 1.29 is 13.2 Å². The minimum absolute atomic E-state index is 0.125. The zero-order valence-corrected chi connectivity index (χ0v) is 20.6. The first-order valence-electron chi connectivity index (χ1n) is 11.1. The molecule has 0 atom stereocenters. The number of benzene rings is 3. The molecule has 174 valence electrons. The lowest BCUT2D eigenvalue weighted by Gasteiger charge is -2.23. The molecule has 1 N–H and O–H groups in total. The highest BCUT2D eigenvalue weighted by molar-refractivity contribution is 7.92. The molecule has 33 heavy (non-hydrogen) atoms. The summed E-state index contributed by atoms with van der Waals surface area (Å²) in [5.41, 5.74) is 6.66. The van der Waals surface area contributed by atoms with Crippen LogP contribution in [-0.2, 0) is 23.0 Å². The molecule has 0 spiro atoms. The molecule has 0 heterocycles. The fraction of sp³-hybridized carbons (Fsp3) is 0.296. The lowest BCUT2D eigenvalue weighted by molar-refractivity contribution is 0.0953. The molecule has 0 unspecified atom stereocenters. The molecule has 0 saturated carbocycles. The highest BCUT2D eigenvalue weighted by Crippen LogP contribution is 2.23. The van der Waals surface area contributed by atoms with Crippen molar-refractivity contribution in [3.63, 3.8) is 0 Å². The van der Waals surface area contributed by atoms with E-state index in [9.17, 15) is 13.2 Å². The first kappa shape index (κ1) is 24.5. The highest BCUT2D eigenvalue weighted by atomic mass is 32.2.